The summed E-state index contributed by atoms with van der Waals surface area (Å²) in [6, 6.07) is 9.85. The van der Waals surface area contributed by atoms with Gasteiger partial charge in [0.2, 0.25) is 0 Å². The zero-order chi connectivity index (χ0) is 13.8. The third-order valence-electron chi connectivity index (χ3n) is 4.94. The summed E-state index contributed by atoms with van der Waals surface area (Å²) in [4.78, 5) is 2.55. The molecule has 0 radical (unpaired) electrons. The van der Waals surface area contributed by atoms with Gasteiger partial charge in [0.25, 0.3) is 0 Å². The average molecular weight is 260 g/mol. The molecule has 19 heavy (non-hydrogen) atoms. The Bertz CT molecular complexity index is 402. The summed E-state index contributed by atoms with van der Waals surface area (Å²) in [7, 11) is 2.27. The lowest BCUT2D eigenvalue weighted by Crippen LogP contribution is -2.44. The Morgan fingerprint density at radius 2 is 1.95 bits per heavy atom. The highest BCUT2D eigenvalue weighted by Crippen LogP contribution is 2.32. The Kier molecular flexibility index (Phi) is 5.00. The topological polar surface area (TPSA) is 29.3 Å². The lowest BCUT2D eigenvalue weighted by Gasteiger charge is -2.41. The summed E-state index contributed by atoms with van der Waals surface area (Å²) < 4.78 is 0. The predicted octanol–water partition coefficient (Wildman–Crippen LogP) is 3.51. The fourth-order valence-electron chi connectivity index (χ4n) is 3.56. The Morgan fingerprint density at radius 1 is 1.26 bits per heavy atom. The van der Waals surface area contributed by atoms with Gasteiger partial charge in [0.15, 0.2) is 0 Å². The quantitative estimate of drug-likeness (QED) is 0.897. The van der Waals surface area contributed by atoms with Gasteiger partial charge in [-0.3, -0.25) is 4.90 Å². The van der Waals surface area contributed by atoms with E-state index in [-0.39, 0.29) is 0 Å². The summed E-state index contributed by atoms with van der Waals surface area (Å²) in [5.41, 5.74) is 8.81. The van der Waals surface area contributed by atoms with Gasteiger partial charge in [-0.1, -0.05) is 37.1 Å². The van der Waals surface area contributed by atoms with Gasteiger partial charge < -0.3 is 5.73 Å². The van der Waals surface area contributed by atoms with Crippen molar-refractivity contribution in [3.8, 4) is 0 Å². The summed E-state index contributed by atoms with van der Waals surface area (Å²) in [5.74, 6) is 0.671. The minimum absolute atomic E-state index is 0.471. The molecule has 106 valence electrons. The SMILES string of the molecule is Cc1ccccc1C(C)N(C)C1CCCCC1CN. The molecule has 1 aromatic rings. The number of aryl methyl sites for hydroxylation is 1. The molecule has 1 aliphatic carbocycles. The van der Waals surface area contributed by atoms with E-state index in [2.05, 4.69) is 50.1 Å². The van der Waals surface area contributed by atoms with Crippen molar-refractivity contribution in [2.75, 3.05) is 13.6 Å². The molecular formula is C17H28N2. The zero-order valence-corrected chi connectivity index (χ0v) is 12.6. The third kappa shape index (κ3) is 3.18. The van der Waals surface area contributed by atoms with Crippen LogP contribution >= 0.6 is 0 Å². The van der Waals surface area contributed by atoms with Crippen LogP contribution in [-0.2, 0) is 0 Å². The van der Waals surface area contributed by atoms with Gasteiger partial charge in [-0.05, 0) is 57.3 Å². The summed E-state index contributed by atoms with van der Waals surface area (Å²) >= 11 is 0. The molecule has 1 aliphatic rings. The van der Waals surface area contributed by atoms with Crippen LogP contribution in [0.1, 0.15) is 49.8 Å². The molecule has 1 aromatic carbocycles. The fraction of sp³-hybridized carbons (Fsp3) is 0.647. The second-order valence-corrected chi connectivity index (χ2v) is 6.05. The maximum Gasteiger partial charge on any atom is 0.0322 e. The molecule has 0 aromatic heterocycles. The number of nitrogens with two attached hydrogens (primary N) is 1. The molecule has 0 bridgehead atoms. The first-order valence-corrected chi connectivity index (χ1v) is 7.62. The van der Waals surface area contributed by atoms with E-state index in [1.165, 1.54) is 36.8 Å². The molecule has 2 heteroatoms. The first-order chi connectivity index (χ1) is 9.15. The van der Waals surface area contributed by atoms with Crippen LogP contribution in [0.2, 0.25) is 0 Å². The van der Waals surface area contributed by atoms with Crippen LogP contribution in [-0.4, -0.2) is 24.5 Å². The normalized spacial score (nSPS) is 25.5. The maximum absolute atomic E-state index is 5.97. The van der Waals surface area contributed by atoms with E-state index in [9.17, 15) is 0 Å². The minimum Gasteiger partial charge on any atom is -0.330 e. The van der Waals surface area contributed by atoms with Crippen molar-refractivity contribution in [2.45, 2.75) is 51.6 Å². The van der Waals surface area contributed by atoms with Gasteiger partial charge in [-0.15, -0.1) is 0 Å². The highest BCUT2D eigenvalue weighted by Gasteiger charge is 2.30. The van der Waals surface area contributed by atoms with E-state index in [0.29, 0.717) is 18.0 Å². The second-order valence-electron chi connectivity index (χ2n) is 6.05. The Balaban J connectivity index is 2.14. The van der Waals surface area contributed by atoms with Gasteiger partial charge in [0.05, 0.1) is 0 Å². The molecule has 0 aliphatic heterocycles. The van der Waals surface area contributed by atoms with Gasteiger partial charge in [-0.25, -0.2) is 0 Å². The summed E-state index contributed by atoms with van der Waals surface area (Å²) in [6.07, 6.45) is 5.30. The van der Waals surface area contributed by atoms with Crippen molar-refractivity contribution in [3.63, 3.8) is 0 Å². The van der Waals surface area contributed by atoms with E-state index in [1.54, 1.807) is 0 Å². The van der Waals surface area contributed by atoms with Crippen molar-refractivity contribution < 1.29 is 0 Å². The van der Waals surface area contributed by atoms with E-state index in [4.69, 9.17) is 5.73 Å². The van der Waals surface area contributed by atoms with E-state index in [0.717, 1.165) is 6.54 Å². The van der Waals surface area contributed by atoms with Crippen LogP contribution in [0.15, 0.2) is 24.3 Å². The number of hydrogen-bond acceptors (Lipinski definition) is 2. The van der Waals surface area contributed by atoms with E-state index < -0.39 is 0 Å². The highest BCUT2D eigenvalue weighted by molar-refractivity contribution is 5.28. The predicted molar refractivity (Wildman–Crippen MR) is 82.2 cm³/mol. The summed E-state index contributed by atoms with van der Waals surface area (Å²) in [5, 5.41) is 0. The smallest absolute Gasteiger partial charge is 0.0322 e. The lowest BCUT2D eigenvalue weighted by atomic mass is 9.82. The van der Waals surface area contributed by atoms with Crippen LogP contribution in [0.25, 0.3) is 0 Å². The Labute approximate surface area is 118 Å². The minimum atomic E-state index is 0.471. The zero-order valence-electron chi connectivity index (χ0n) is 12.6. The summed E-state index contributed by atoms with van der Waals surface area (Å²) in [6.45, 7) is 5.36. The Morgan fingerprint density at radius 3 is 2.63 bits per heavy atom. The van der Waals surface area contributed by atoms with Gasteiger partial charge >= 0.3 is 0 Å². The van der Waals surface area contributed by atoms with Crippen LogP contribution in [0.5, 0.6) is 0 Å². The molecule has 2 N–H and O–H groups in total. The first-order valence-electron chi connectivity index (χ1n) is 7.62. The van der Waals surface area contributed by atoms with Crippen molar-refractivity contribution in [1.82, 2.24) is 4.90 Å². The largest absolute Gasteiger partial charge is 0.330 e. The standard InChI is InChI=1S/C17H28N2/c1-13-8-4-6-10-16(13)14(2)19(3)17-11-7-5-9-15(17)12-18/h4,6,8,10,14-15,17H,5,7,9,11-12,18H2,1-3H3. The van der Waals surface area contributed by atoms with Crippen molar-refractivity contribution in [2.24, 2.45) is 11.7 Å². The molecular weight excluding hydrogens is 232 g/mol. The Hall–Kier alpha value is -0.860. The molecule has 1 saturated carbocycles. The molecule has 0 spiro atoms. The molecule has 3 atom stereocenters. The van der Waals surface area contributed by atoms with Crippen LogP contribution in [0.4, 0.5) is 0 Å². The molecule has 0 amide bonds. The van der Waals surface area contributed by atoms with Crippen molar-refractivity contribution in [3.05, 3.63) is 35.4 Å². The molecule has 2 nitrogen and oxygen atoms in total. The van der Waals surface area contributed by atoms with Gasteiger partial charge in [0.1, 0.15) is 0 Å². The van der Waals surface area contributed by atoms with Gasteiger partial charge in [0, 0.05) is 12.1 Å². The van der Waals surface area contributed by atoms with Crippen molar-refractivity contribution in [1.29, 1.82) is 0 Å². The van der Waals surface area contributed by atoms with Gasteiger partial charge in [-0.2, -0.15) is 0 Å². The molecule has 2 rings (SSSR count). The van der Waals surface area contributed by atoms with Crippen LogP contribution in [0.3, 0.4) is 0 Å². The molecule has 3 unspecified atom stereocenters. The van der Waals surface area contributed by atoms with E-state index in [1.807, 2.05) is 0 Å². The number of hydrogen-bond donors (Lipinski definition) is 1. The highest BCUT2D eigenvalue weighted by atomic mass is 15.2. The monoisotopic (exact) mass is 260 g/mol. The number of rotatable bonds is 4. The molecule has 1 fully saturated rings. The lowest BCUT2D eigenvalue weighted by molar-refractivity contribution is 0.0987. The molecule has 0 heterocycles. The first kappa shape index (κ1) is 14.5. The number of benzene rings is 1. The molecule has 0 saturated heterocycles. The van der Waals surface area contributed by atoms with Crippen LogP contribution < -0.4 is 5.73 Å². The second kappa shape index (κ2) is 6.53. The third-order valence-corrected chi connectivity index (χ3v) is 4.94. The fourth-order valence-corrected chi connectivity index (χ4v) is 3.56. The van der Waals surface area contributed by atoms with E-state index >= 15 is 0 Å². The average Bonchev–Trinajstić information content (AvgIpc) is 2.46. The number of nitrogens with zero attached hydrogens (tertiary/aromatic N) is 1. The maximum atomic E-state index is 5.97. The van der Waals surface area contributed by atoms with Crippen molar-refractivity contribution >= 4 is 0 Å². The van der Waals surface area contributed by atoms with Crippen LogP contribution in [0, 0.1) is 12.8 Å².